The van der Waals surface area contributed by atoms with Crippen LogP contribution in [-0.2, 0) is 0 Å². The highest BCUT2D eigenvalue weighted by atomic mass is 16.2. The van der Waals surface area contributed by atoms with Gasteiger partial charge >= 0.3 is 0 Å². The number of hydrogen-bond acceptors (Lipinski definition) is 3. The Kier molecular flexibility index (Phi) is 4.47. The van der Waals surface area contributed by atoms with Gasteiger partial charge in [0.05, 0.1) is 17.9 Å². The van der Waals surface area contributed by atoms with Crippen molar-refractivity contribution in [2.24, 2.45) is 0 Å². The van der Waals surface area contributed by atoms with E-state index in [1.165, 1.54) is 18.5 Å². The molecule has 0 aliphatic carbocycles. The van der Waals surface area contributed by atoms with Gasteiger partial charge in [-0.2, -0.15) is 5.10 Å². The van der Waals surface area contributed by atoms with E-state index in [9.17, 15) is 4.79 Å². The Labute approximate surface area is 149 Å². The fraction of sp³-hybridized carbons (Fsp3) is 0.500. The summed E-state index contributed by atoms with van der Waals surface area (Å²) in [7, 11) is 0. The molecule has 5 nitrogen and oxygen atoms in total. The average Bonchev–Trinajstić information content (AvgIpc) is 3.33. The van der Waals surface area contributed by atoms with Crippen LogP contribution in [0.2, 0.25) is 0 Å². The van der Waals surface area contributed by atoms with Gasteiger partial charge in [-0.1, -0.05) is 0 Å². The number of aromatic nitrogens is 2. The zero-order valence-electron chi connectivity index (χ0n) is 14.9. The van der Waals surface area contributed by atoms with Crippen LogP contribution in [0.3, 0.4) is 0 Å². The van der Waals surface area contributed by atoms with Crippen LogP contribution in [0.15, 0.2) is 30.5 Å². The molecule has 2 aromatic rings. The number of carbonyl (C=O) groups is 1. The first-order chi connectivity index (χ1) is 12.2. The molecular weight excluding hydrogens is 312 g/mol. The molecule has 5 heteroatoms. The van der Waals surface area contributed by atoms with Crippen molar-refractivity contribution >= 4 is 11.6 Å². The summed E-state index contributed by atoms with van der Waals surface area (Å²) >= 11 is 0. The van der Waals surface area contributed by atoms with Gasteiger partial charge in [0.15, 0.2) is 0 Å². The maximum Gasteiger partial charge on any atom is 0.254 e. The van der Waals surface area contributed by atoms with Crippen molar-refractivity contribution in [1.29, 1.82) is 0 Å². The number of nitrogens with one attached hydrogen (secondary N) is 1. The number of anilines is 1. The molecule has 1 atom stereocenters. The first-order valence-electron chi connectivity index (χ1n) is 9.40. The molecule has 1 N–H and O–H groups in total. The lowest BCUT2D eigenvalue weighted by Gasteiger charge is -2.35. The van der Waals surface area contributed by atoms with Gasteiger partial charge in [-0.15, -0.1) is 0 Å². The Bertz CT molecular complexity index is 730. The summed E-state index contributed by atoms with van der Waals surface area (Å²) in [5.74, 6) is 0.131. The highest BCUT2D eigenvalue weighted by molar-refractivity contribution is 5.95. The number of benzene rings is 1. The van der Waals surface area contributed by atoms with Crippen molar-refractivity contribution in [2.75, 3.05) is 24.5 Å². The molecule has 0 unspecified atom stereocenters. The molecule has 0 bridgehead atoms. The highest BCUT2D eigenvalue weighted by Crippen LogP contribution is 2.32. The fourth-order valence-electron chi connectivity index (χ4n) is 4.12. The molecule has 2 fully saturated rings. The van der Waals surface area contributed by atoms with Gasteiger partial charge < -0.3 is 9.80 Å². The summed E-state index contributed by atoms with van der Waals surface area (Å²) in [6.45, 7) is 5.12. The number of carbonyl (C=O) groups excluding carboxylic acids is 1. The largest absolute Gasteiger partial charge is 0.372 e. The van der Waals surface area contributed by atoms with E-state index in [1.807, 2.05) is 23.2 Å². The van der Waals surface area contributed by atoms with Gasteiger partial charge in [0.25, 0.3) is 5.91 Å². The number of hydrogen-bond donors (Lipinski definition) is 1. The Morgan fingerprint density at radius 3 is 2.48 bits per heavy atom. The van der Waals surface area contributed by atoms with Gasteiger partial charge in [-0.05, 0) is 68.9 Å². The van der Waals surface area contributed by atoms with Crippen LogP contribution >= 0.6 is 0 Å². The summed E-state index contributed by atoms with van der Waals surface area (Å²) in [5, 5.41) is 7.26. The first-order valence-corrected chi connectivity index (χ1v) is 9.40. The Balaban J connectivity index is 1.55. The molecule has 0 radical (unpaired) electrons. The first kappa shape index (κ1) is 16.2. The summed E-state index contributed by atoms with van der Waals surface area (Å²) in [6, 6.07) is 8.28. The Morgan fingerprint density at radius 1 is 1.08 bits per heavy atom. The zero-order valence-corrected chi connectivity index (χ0v) is 14.9. The second kappa shape index (κ2) is 6.90. The van der Waals surface area contributed by atoms with Crippen LogP contribution < -0.4 is 4.90 Å². The van der Waals surface area contributed by atoms with Crippen molar-refractivity contribution in [3.63, 3.8) is 0 Å². The second-order valence-corrected chi connectivity index (χ2v) is 7.22. The third-order valence-electron chi connectivity index (χ3n) is 5.55. The van der Waals surface area contributed by atoms with Crippen molar-refractivity contribution in [3.05, 3.63) is 47.3 Å². The van der Waals surface area contributed by atoms with Crippen LogP contribution in [0.4, 0.5) is 5.69 Å². The average molecular weight is 338 g/mol. The molecule has 25 heavy (non-hydrogen) atoms. The van der Waals surface area contributed by atoms with Gasteiger partial charge in [-0.3, -0.25) is 9.89 Å². The molecular formula is C20H26N4O. The predicted octanol–water partition coefficient (Wildman–Crippen LogP) is 3.69. The number of nitrogens with zero attached hydrogens (tertiary/aromatic N) is 3. The summed E-state index contributed by atoms with van der Waals surface area (Å²) < 4.78 is 0. The van der Waals surface area contributed by atoms with E-state index in [1.54, 1.807) is 0 Å². The molecule has 2 aliphatic rings. The molecule has 2 aliphatic heterocycles. The number of piperidine rings is 1. The standard InChI is InChI=1S/C20H26N4O/c1-15-14-21-22-19(15)18-6-2-3-13-24(18)20(25)16-7-9-17(10-8-16)23-11-4-5-12-23/h7-10,14,18H,2-6,11-13H2,1H3,(H,21,22)/t18-/m1/s1. The van der Waals surface area contributed by atoms with E-state index in [0.717, 1.165) is 55.7 Å². The minimum atomic E-state index is 0.113. The summed E-state index contributed by atoms with van der Waals surface area (Å²) in [6.07, 6.45) is 7.60. The van der Waals surface area contributed by atoms with Crippen LogP contribution in [-0.4, -0.2) is 40.6 Å². The SMILES string of the molecule is Cc1cn[nH]c1[C@H]1CCCCN1C(=O)c1ccc(N2CCCC2)cc1. The van der Waals surface area contributed by atoms with Crippen LogP contribution in [0.1, 0.15) is 59.8 Å². The van der Waals surface area contributed by atoms with Gasteiger partial charge in [0, 0.05) is 30.9 Å². The Hall–Kier alpha value is -2.30. The van der Waals surface area contributed by atoms with Gasteiger partial charge in [0.2, 0.25) is 0 Å². The maximum atomic E-state index is 13.1. The molecule has 1 amide bonds. The van der Waals surface area contributed by atoms with E-state index in [2.05, 4.69) is 34.2 Å². The monoisotopic (exact) mass is 338 g/mol. The van der Waals surface area contributed by atoms with Crippen molar-refractivity contribution < 1.29 is 4.79 Å². The van der Waals surface area contributed by atoms with E-state index in [0.29, 0.717) is 0 Å². The lowest BCUT2D eigenvalue weighted by molar-refractivity contribution is 0.0605. The van der Waals surface area contributed by atoms with E-state index in [4.69, 9.17) is 0 Å². The van der Waals surface area contributed by atoms with Crippen molar-refractivity contribution in [1.82, 2.24) is 15.1 Å². The fourth-order valence-corrected chi connectivity index (χ4v) is 4.12. The second-order valence-electron chi connectivity index (χ2n) is 7.22. The number of aryl methyl sites for hydroxylation is 1. The third-order valence-corrected chi connectivity index (χ3v) is 5.55. The van der Waals surface area contributed by atoms with Gasteiger partial charge in [-0.25, -0.2) is 0 Å². The molecule has 2 saturated heterocycles. The molecule has 0 spiro atoms. The van der Waals surface area contributed by atoms with Gasteiger partial charge in [0.1, 0.15) is 0 Å². The lowest BCUT2D eigenvalue weighted by atomic mass is 9.96. The quantitative estimate of drug-likeness (QED) is 0.929. The smallest absolute Gasteiger partial charge is 0.254 e. The number of amides is 1. The number of aromatic amines is 1. The van der Waals surface area contributed by atoms with E-state index < -0.39 is 0 Å². The normalized spacial score (nSPS) is 20.9. The number of rotatable bonds is 3. The zero-order chi connectivity index (χ0) is 17.2. The predicted molar refractivity (Wildman–Crippen MR) is 98.8 cm³/mol. The third kappa shape index (κ3) is 3.15. The van der Waals surface area contributed by atoms with E-state index in [-0.39, 0.29) is 11.9 Å². The minimum absolute atomic E-state index is 0.113. The minimum Gasteiger partial charge on any atom is -0.372 e. The molecule has 1 aromatic carbocycles. The molecule has 1 aromatic heterocycles. The maximum absolute atomic E-state index is 13.1. The van der Waals surface area contributed by atoms with Crippen molar-refractivity contribution in [3.8, 4) is 0 Å². The van der Waals surface area contributed by atoms with Crippen LogP contribution in [0.5, 0.6) is 0 Å². The number of H-pyrrole nitrogens is 1. The molecule has 132 valence electrons. The van der Waals surface area contributed by atoms with E-state index >= 15 is 0 Å². The highest BCUT2D eigenvalue weighted by Gasteiger charge is 2.30. The Morgan fingerprint density at radius 2 is 1.80 bits per heavy atom. The molecule has 3 heterocycles. The molecule has 4 rings (SSSR count). The number of likely N-dealkylation sites (tertiary alicyclic amines) is 1. The molecule has 0 saturated carbocycles. The summed E-state index contributed by atoms with van der Waals surface area (Å²) in [5.41, 5.74) is 4.23. The lowest BCUT2D eigenvalue weighted by Crippen LogP contribution is -2.39. The van der Waals surface area contributed by atoms with Crippen LogP contribution in [0.25, 0.3) is 0 Å². The summed E-state index contributed by atoms with van der Waals surface area (Å²) in [4.78, 5) is 17.5. The topological polar surface area (TPSA) is 52.2 Å². The van der Waals surface area contributed by atoms with Crippen LogP contribution in [0, 0.1) is 6.92 Å². The van der Waals surface area contributed by atoms with Crippen molar-refractivity contribution in [2.45, 2.75) is 45.1 Å².